The van der Waals surface area contributed by atoms with Crippen LogP contribution in [0.15, 0.2) is 0 Å². The van der Waals surface area contributed by atoms with Gasteiger partial charge in [-0.2, -0.15) is 0 Å². The highest BCUT2D eigenvalue weighted by molar-refractivity contribution is 4.90. The summed E-state index contributed by atoms with van der Waals surface area (Å²) in [4.78, 5) is 2.55. The van der Waals surface area contributed by atoms with Gasteiger partial charge in [-0.25, -0.2) is 0 Å². The average molecular weight is 267 g/mol. The van der Waals surface area contributed by atoms with Crippen molar-refractivity contribution in [3.63, 3.8) is 0 Å². The fourth-order valence-corrected chi connectivity index (χ4v) is 4.28. The number of hydrogen-bond acceptors (Lipinski definition) is 2. The molecule has 2 aliphatic rings. The van der Waals surface area contributed by atoms with Crippen molar-refractivity contribution in [2.24, 2.45) is 17.3 Å². The highest BCUT2D eigenvalue weighted by atomic mass is 16.3. The molecule has 0 bridgehead atoms. The molecule has 0 spiro atoms. The van der Waals surface area contributed by atoms with E-state index in [0.29, 0.717) is 5.92 Å². The van der Waals surface area contributed by atoms with Crippen LogP contribution in [0.1, 0.15) is 65.7 Å². The van der Waals surface area contributed by atoms with E-state index in [4.69, 9.17) is 0 Å². The van der Waals surface area contributed by atoms with Gasteiger partial charge in [-0.1, -0.05) is 40.0 Å². The Kier molecular flexibility index (Phi) is 4.94. The second-order valence-electron chi connectivity index (χ2n) is 7.95. The normalized spacial score (nSPS) is 39.5. The molecule has 2 aliphatic carbocycles. The molecule has 19 heavy (non-hydrogen) atoms. The van der Waals surface area contributed by atoms with Crippen LogP contribution in [0.2, 0.25) is 0 Å². The molecule has 2 rings (SSSR count). The van der Waals surface area contributed by atoms with Crippen LogP contribution in [0.3, 0.4) is 0 Å². The lowest BCUT2D eigenvalue weighted by Crippen LogP contribution is -2.47. The van der Waals surface area contributed by atoms with E-state index in [9.17, 15) is 5.11 Å². The first-order valence-corrected chi connectivity index (χ1v) is 8.28. The van der Waals surface area contributed by atoms with Gasteiger partial charge in [0.25, 0.3) is 0 Å². The van der Waals surface area contributed by atoms with Crippen LogP contribution in [0.5, 0.6) is 0 Å². The minimum atomic E-state index is -0.121. The first-order valence-electron chi connectivity index (χ1n) is 8.28. The molecule has 0 aromatic carbocycles. The molecule has 0 heterocycles. The second-order valence-corrected chi connectivity index (χ2v) is 7.95. The maximum absolute atomic E-state index is 10.6. The fraction of sp³-hybridized carbons (Fsp3) is 1.00. The second kappa shape index (κ2) is 6.13. The summed E-state index contributed by atoms with van der Waals surface area (Å²) in [6.07, 6.45) is 9.04. The van der Waals surface area contributed by atoms with Crippen LogP contribution < -0.4 is 0 Å². The predicted octanol–water partition coefficient (Wildman–Crippen LogP) is 3.68. The summed E-state index contributed by atoms with van der Waals surface area (Å²) in [6, 6.07) is 0.751. The molecule has 4 unspecified atom stereocenters. The summed E-state index contributed by atoms with van der Waals surface area (Å²) in [5.41, 5.74) is 0.115. The molecule has 2 saturated carbocycles. The Bertz CT molecular complexity index is 289. The van der Waals surface area contributed by atoms with Gasteiger partial charge in [0, 0.05) is 12.6 Å². The maximum atomic E-state index is 10.6. The summed E-state index contributed by atoms with van der Waals surface area (Å²) in [7, 11) is 2.27. The lowest BCUT2D eigenvalue weighted by molar-refractivity contribution is -0.0460. The van der Waals surface area contributed by atoms with Crippen molar-refractivity contribution < 1.29 is 5.11 Å². The van der Waals surface area contributed by atoms with Crippen LogP contribution in [0.25, 0.3) is 0 Å². The minimum absolute atomic E-state index is 0.115. The molecule has 0 aromatic rings. The first kappa shape index (κ1) is 15.3. The maximum Gasteiger partial charge on any atom is 0.0631 e. The third-order valence-electron chi connectivity index (χ3n) is 5.70. The number of nitrogens with zero attached hydrogens (tertiary/aromatic N) is 1. The lowest BCUT2D eigenvalue weighted by atomic mass is 9.69. The number of aliphatic hydroxyl groups excluding tert-OH is 1. The standard InChI is InChI=1S/C17H33NO/c1-13-7-5-9-15(11-13)18(4)12-14-8-6-10-17(2,3)16(14)19/h13-16,19H,5-12H2,1-4H3. The van der Waals surface area contributed by atoms with Crippen LogP contribution in [-0.2, 0) is 0 Å². The molecule has 0 amide bonds. The predicted molar refractivity (Wildman–Crippen MR) is 81.2 cm³/mol. The van der Waals surface area contributed by atoms with Gasteiger partial charge in [0.05, 0.1) is 6.10 Å². The van der Waals surface area contributed by atoms with E-state index in [1.165, 1.54) is 44.9 Å². The van der Waals surface area contributed by atoms with Gasteiger partial charge >= 0.3 is 0 Å². The monoisotopic (exact) mass is 267 g/mol. The van der Waals surface area contributed by atoms with Gasteiger partial charge in [-0.05, 0) is 50.0 Å². The molecule has 2 nitrogen and oxygen atoms in total. The topological polar surface area (TPSA) is 23.5 Å². The van der Waals surface area contributed by atoms with E-state index in [-0.39, 0.29) is 11.5 Å². The van der Waals surface area contributed by atoms with E-state index in [1.807, 2.05) is 0 Å². The van der Waals surface area contributed by atoms with E-state index in [0.717, 1.165) is 18.5 Å². The van der Waals surface area contributed by atoms with Crippen molar-refractivity contribution in [1.29, 1.82) is 0 Å². The Morgan fingerprint density at radius 2 is 1.89 bits per heavy atom. The number of rotatable bonds is 3. The van der Waals surface area contributed by atoms with Gasteiger partial charge < -0.3 is 10.0 Å². The molecular weight excluding hydrogens is 234 g/mol. The molecule has 112 valence electrons. The molecule has 0 saturated heterocycles. The first-order chi connectivity index (χ1) is 8.90. The molecular formula is C17H33NO. The largest absolute Gasteiger partial charge is 0.392 e. The van der Waals surface area contributed by atoms with Gasteiger partial charge in [0.1, 0.15) is 0 Å². The Balaban J connectivity index is 1.89. The third-order valence-corrected chi connectivity index (χ3v) is 5.70. The molecule has 0 aliphatic heterocycles. The zero-order valence-corrected chi connectivity index (χ0v) is 13.4. The molecule has 0 aromatic heterocycles. The Morgan fingerprint density at radius 1 is 1.16 bits per heavy atom. The SMILES string of the molecule is CC1CCCC(N(C)CC2CCCC(C)(C)C2O)C1. The summed E-state index contributed by atoms with van der Waals surface area (Å²) in [5, 5.41) is 10.6. The van der Waals surface area contributed by atoms with Gasteiger partial charge in [0.15, 0.2) is 0 Å². The number of hydrogen-bond donors (Lipinski definition) is 1. The summed E-state index contributed by atoms with van der Waals surface area (Å²) in [5.74, 6) is 1.36. The molecule has 1 N–H and O–H groups in total. The van der Waals surface area contributed by atoms with E-state index in [2.05, 4.69) is 32.7 Å². The zero-order valence-electron chi connectivity index (χ0n) is 13.4. The van der Waals surface area contributed by atoms with Crippen molar-refractivity contribution in [3.8, 4) is 0 Å². The minimum Gasteiger partial charge on any atom is -0.392 e. The quantitative estimate of drug-likeness (QED) is 0.843. The van der Waals surface area contributed by atoms with E-state index >= 15 is 0 Å². The summed E-state index contributed by atoms with van der Waals surface area (Å²) < 4.78 is 0. The third kappa shape index (κ3) is 3.72. The Hall–Kier alpha value is -0.0800. The zero-order chi connectivity index (χ0) is 14.0. The molecule has 0 radical (unpaired) electrons. The van der Waals surface area contributed by atoms with E-state index < -0.39 is 0 Å². The van der Waals surface area contributed by atoms with Gasteiger partial charge in [-0.15, -0.1) is 0 Å². The van der Waals surface area contributed by atoms with Crippen molar-refractivity contribution >= 4 is 0 Å². The van der Waals surface area contributed by atoms with Crippen molar-refractivity contribution in [2.45, 2.75) is 77.9 Å². The Morgan fingerprint density at radius 3 is 2.58 bits per heavy atom. The smallest absolute Gasteiger partial charge is 0.0631 e. The van der Waals surface area contributed by atoms with E-state index in [1.54, 1.807) is 0 Å². The molecule has 4 atom stereocenters. The average Bonchev–Trinajstić information content (AvgIpc) is 2.35. The van der Waals surface area contributed by atoms with Crippen LogP contribution >= 0.6 is 0 Å². The fourth-order valence-electron chi connectivity index (χ4n) is 4.28. The molecule has 2 fully saturated rings. The highest BCUT2D eigenvalue weighted by Gasteiger charge is 2.38. The van der Waals surface area contributed by atoms with Crippen molar-refractivity contribution in [2.75, 3.05) is 13.6 Å². The highest BCUT2D eigenvalue weighted by Crippen LogP contribution is 2.39. The van der Waals surface area contributed by atoms with Crippen LogP contribution in [0.4, 0.5) is 0 Å². The van der Waals surface area contributed by atoms with Crippen LogP contribution in [0, 0.1) is 17.3 Å². The van der Waals surface area contributed by atoms with Crippen molar-refractivity contribution in [1.82, 2.24) is 4.90 Å². The van der Waals surface area contributed by atoms with Gasteiger partial charge in [-0.3, -0.25) is 0 Å². The van der Waals surface area contributed by atoms with Crippen LogP contribution in [-0.4, -0.2) is 35.7 Å². The van der Waals surface area contributed by atoms with Crippen molar-refractivity contribution in [3.05, 3.63) is 0 Å². The molecule has 2 heteroatoms. The number of aliphatic hydroxyl groups is 1. The lowest BCUT2D eigenvalue weighted by Gasteiger charge is -2.44. The summed E-state index contributed by atoms with van der Waals surface area (Å²) >= 11 is 0. The van der Waals surface area contributed by atoms with Gasteiger partial charge in [0.2, 0.25) is 0 Å². The Labute approximate surface area is 119 Å². The summed E-state index contributed by atoms with van der Waals surface area (Å²) in [6.45, 7) is 7.93.